The van der Waals surface area contributed by atoms with Gasteiger partial charge in [0.05, 0.1) is 25.5 Å². The first kappa shape index (κ1) is 37.6. The van der Waals surface area contributed by atoms with Crippen LogP contribution in [0.1, 0.15) is 77.5 Å². The van der Waals surface area contributed by atoms with Crippen LogP contribution in [0.4, 0.5) is 4.39 Å². The maximum atomic E-state index is 12.3. The number of benzene rings is 2. The molecule has 13 heteroatoms. The first-order chi connectivity index (χ1) is 23.9. The molecule has 4 heterocycles. The van der Waals surface area contributed by atoms with Crippen molar-refractivity contribution in [1.29, 1.82) is 0 Å². The molecule has 9 nitrogen and oxygen atoms in total. The Morgan fingerprint density at radius 1 is 0.939 bits per heavy atom. The van der Waals surface area contributed by atoms with Crippen LogP contribution in [0.2, 0.25) is 0 Å². The SMILES string of the molecule is CC(Br)c1ccccc1.CCc1cc(=O)oc2c1C(=O)NC(=S)C2.CCc1cc(=O)oc2nc(SC(C)c3ccccc3)[nH]c(=O)c12.[2H]CF. The number of rotatable bonds is 6. The Kier molecular flexibility index (Phi) is 14.7. The molecule has 0 spiro atoms. The van der Waals surface area contributed by atoms with Gasteiger partial charge in [0.2, 0.25) is 5.71 Å². The molecule has 2 N–H and O–H groups in total. The fourth-order valence-corrected chi connectivity index (χ4v) is 6.24. The number of H-pyrrole nitrogens is 1. The van der Waals surface area contributed by atoms with Crippen LogP contribution in [0.5, 0.6) is 0 Å². The van der Waals surface area contributed by atoms with E-state index in [9.17, 15) is 23.6 Å². The Hall–Kier alpha value is -4.20. The van der Waals surface area contributed by atoms with Crippen molar-refractivity contribution in [2.75, 3.05) is 7.15 Å². The third-order valence-electron chi connectivity index (χ3n) is 7.17. The van der Waals surface area contributed by atoms with Crippen LogP contribution in [-0.4, -0.2) is 28.0 Å². The van der Waals surface area contributed by atoms with Crippen molar-refractivity contribution in [3.63, 3.8) is 0 Å². The van der Waals surface area contributed by atoms with E-state index in [1.54, 1.807) is 0 Å². The maximum absolute atomic E-state index is 12.3. The minimum Gasteiger partial charge on any atom is -0.427 e. The number of carbonyl (C=O) groups excluding carboxylic acids is 1. The summed E-state index contributed by atoms with van der Waals surface area (Å²) in [5.41, 5.74) is 3.19. The molecule has 2 unspecified atom stereocenters. The van der Waals surface area contributed by atoms with Crippen LogP contribution < -0.4 is 22.1 Å². The highest BCUT2D eigenvalue weighted by molar-refractivity contribution is 9.09. The molecule has 49 heavy (non-hydrogen) atoms. The monoisotopic (exact) mass is 770 g/mol. The zero-order chi connectivity index (χ0) is 36.8. The Balaban J connectivity index is 0.000000214. The number of fused-ring (bicyclic) bond motifs is 2. The average molecular weight is 772 g/mol. The van der Waals surface area contributed by atoms with Gasteiger partial charge in [-0.25, -0.2) is 9.59 Å². The number of aromatic nitrogens is 2. The summed E-state index contributed by atoms with van der Waals surface area (Å²) in [4.78, 5) is 54.7. The second kappa shape index (κ2) is 19.1. The third kappa shape index (κ3) is 10.9. The number of nitrogens with one attached hydrogen (secondary N) is 2. The molecule has 2 atom stereocenters. The number of aromatic amines is 1. The highest BCUT2D eigenvalue weighted by Gasteiger charge is 2.25. The van der Waals surface area contributed by atoms with Crippen molar-refractivity contribution in [2.24, 2.45) is 0 Å². The van der Waals surface area contributed by atoms with Crippen LogP contribution in [0.25, 0.3) is 11.1 Å². The molecule has 0 radical (unpaired) electrons. The number of hydrogen-bond donors (Lipinski definition) is 2. The summed E-state index contributed by atoms with van der Waals surface area (Å²) in [5, 5.41) is 3.46. The number of hydrogen-bond acceptors (Lipinski definition) is 9. The van der Waals surface area contributed by atoms with Crippen molar-refractivity contribution in [3.05, 3.63) is 138 Å². The summed E-state index contributed by atoms with van der Waals surface area (Å²) in [5.74, 6) is 0.106. The van der Waals surface area contributed by atoms with E-state index in [0.717, 1.165) is 5.56 Å². The van der Waals surface area contributed by atoms with Crippen molar-refractivity contribution in [3.8, 4) is 0 Å². The van der Waals surface area contributed by atoms with Gasteiger partial charge in [0.1, 0.15) is 11.1 Å². The van der Waals surface area contributed by atoms with Gasteiger partial charge in [0, 0.05) is 22.2 Å². The predicted octanol–water partition coefficient (Wildman–Crippen LogP) is 7.84. The summed E-state index contributed by atoms with van der Waals surface area (Å²) in [6.07, 6.45) is 1.51. The van der Waals surface area contributed by atoms with Crippen molar-refractivity contribution >= 4 is 61.9 Å². The Morgan fingerprint density at radius 2 is 1.49 bits per heavy atom. The van der Waals surface area contributed by atoms with Gasteiger partial charge in [-0.1, -0.05) is 114 Å². The number of aryl methyl sites for hydroxylation is 2. The Bertz CT molecular complexity index is 2070. The molecule has 2 aromatic carbocycles. The molecule has 258 valence electrons. The van der Waals surface area contributed by atoms with Crippen LogP contribution in [-0.2, 0) is 19.3 Å². The zero-order valence-electron chi connectivity index (χ0n) is 28.4. The normalized spacial score (nSPS) is 13.1. The highest BCUT2D eigenvalue weighted by Crippen LogP contribution is 2.32. The first-order valence-corrected chi connectivity index (χ1v) is 17.4. The summed E-state index contributed by atoms with van der Waals surface area (Å²) in [6, 6.07) is 23.0. The predicted molar refractivity (Wildman–Crippen MR) is 200 cm³/mol. The molecule has 0 saturated heterocycles. The number of nitrogens with zero attached hydrogens (tertiary/aromatic N) is 1. The molecule has 0 aliphatic carbocycles. The van der Waals surface area contributed by atoms with Crippen LogP contribution in [0.3, 0.4) is 0 Å². The number of alkyl halides is 2. The molecule has 5 aromatic rings. The van der Waals surface area contributed by atoms with Gasteiger partial charge < -0.3 is 19.1 Å². The molecule has 0 bridgehead atoms. The lowest BCUT2D eigenvalue weighted by Gasteiger charge is -2.17. The second-order valence-electron chi connectivity index (χ2n) is 10.5. The average Bonchev–Trinajstić information content (AvgIpc) is 3.08. The second-order valence-corrected chi connectivity index (χ2v) is 13.7. The van der Waals surface area contributed by atoms with E-state index in [1.165, 1.54) is 29.5 Å². The van der Waals surface area contributed by atoms with E-state index in [4.69, 9.17) is 22.4 Å². The Morgan fingerprint density at radius 3 is 2.04 bits per heavy atom. The molecule has 6 rings (SSSR count). The lowest BCUT2D eigenvalue weighted by atomic mass is 10.0. The van der Waals surface area contributed by atoms with Crippen molar-refractivity contribution in [1.82, 2.24) is 15.3 Å². The summed E-state index contributed by atoms with van der Waals surface area (Å²) in [7, 11) is -1.00. The van der Waals surface area contributed by atoms with Gasteiger partial charge in [-0.15, -0.1) is 0 Å². The minimum absolute atomic E-state index is 0.0980. The molecule has 1 amide bonds. The van der Waals surface area contributed by atoms with Gasteiger partial charge >= 0.3 is 11.3 Å². The molecule has 1 aliphatic heterocycles. The fourth-order valence-electron chi connectivity index (χ4n) is 4.79. The number of thiocarbonyl (C=S) groups is 1. The van der Waals surface area contributed by atoms with Gasteiger partial charge in [0.15, 0.2) is 5.16 Å². The van der Waals surface area contributed by atoms with E-state index < -0.39 is 18.4 Å². The zero-order valence-corrected chi connectivity index (χ0v) is 30.6. The van der Waals surface area contributed by atoms with Gasteiger partial charge in [-0.2, -0.15) is 4.98 Å². The number of amides is 1. The van der Waals surface area contributed by atoms with E-state index >= 15 is 0 Å². The van der Waals surface area contributed by atoms with Crippen LogP contribution in [0.15, 0.2) is 101 Å². The molecular formula is C36H37BrFN3O6S2. The first-order valence-electron chi connectivity index (χ1n) is 16.0. The largest absolute Gasteiger partial charge is 0.427 e. The van der Waals surface area contributed by atoms with Crippen LogP contribution in [0, 0.1) is 0 Å². The maximum Gasteiger partial charge on any atom is 0.337 e. The van der Waals surface area contributed by atoms with Gasteiger partial charge in [0.25, 0.3) is 11.5 Å². The standard InChI is InChI=1S/C17H16N2O3S.C10H9NO3S.C8H9Br.CH3F/c1-3-11-9-13(20)22-16-14(11)15(21)18-17(19-16)23-10(2)12-7-5-4-6-8-12;1-2-5-3-8(12)14-6-4-7(15)11-10(13)9(5)6;1-7(9)8-5-3-2-4-6-8;1-2/h4-10H,3H2,1-2H3,(H,18,19,21);3H,2,4H2,1H3,(H,11,13,15);2-7H,1H3;1H3/i;;;1D. The number of thioether (sulfide) groups is 1. The molecule has 3 aromatic heterocycles. The fraction of sp³-hybridized carbons (Fsp3) is 0.278. The summed E-state index contributed by atoms with van der Waals surface area (Å²) in [6.45, 7) is 7.92. The van der Waals surface area contributed by atoms with E-state index in [0.29, 0.717) is 62.1 Å². The molecule has 1 aliphatic rings. The number of halogens is 2. The number of carbonyl (C=O) groups is 1. The third-order valence-corrected chi connectivity index (χ3v) is 8.99. The van der Waals surface area contributed by atoms with E-state index in [2.05, 4.69) is 50.3 Å². The lowest BCUT2D eigenvalue weighted by Crippen LogP contribution is -2.37. The van der Waals surface area contributed by atoms with Crippen molar-refractivity contribution in [2.45, 2.75) is 62.2 Å². The van der Waals surface area contributed by atoms with Crippen molar-refractivity contribution < 1.29 is 19.4 Å². The molecule has 0 saturated carbocycles. The molecular weight excluding hydrogens is 733 g/mol. The summed E-state index contributed by atoms with van der Waals surface area (Å²) < 4.78 is 25.6. The minimum atomic E-state index is -1.00. The highest BCUT2D eigenvalue weighted by atomic mass is 79.9. The quantitative estimate of drug-likeness (QED) is 0.0767. The van der Waals surface area contributed by atoms with Crippen LogP contribution >= 0.6 is 39.9 Å². The van der Waals surface area contributed by atoms with Gasteiger partial charge in [-0.05, 0) is 48.9 Å². The molecule has 0 fully saturated rings. The van der Waals surface area contributed by atoms with Gasteiger partial charge in [-0.3, -0.25) is 14.0 Å². The van der Waals surface area contributed by atoms with E-state index in [1.807, 2.05) is 69.3 Å². The van der Waals surface area contributed by atoms with E-state index in [-0.39, 0.29) is 22.4 Å². The topological polar surface area (TPSA) is 135 Å². The Labute approximate surface area is 302 Å². The summed E-state index contributed by atoms with van der Waals surface area (Å²) >= 11 is 9.79. The smallest absolute Gasteiger partial charge is 0.337 e. The lowest BCUT2D eigenvalue weighted by molar-refractivity contribution is 0.0968.